The SMILES string of the molecule is CC(=O)c1c(-c2c[nH]c3ccccc23)c[nH]c1C. The van der Waals surface area contributed by atoms with Crippen LogP contribution in [0.15, 0.2) is 36.7 Å². The van der Waals surface area contributed by atoms with Gasteiger partial charge in [-0.15, -0.1) is 0 Å². The average Bonchev–Trinajstić information content (AvgIpc) is 2.92. The third kappa shape index (κ3) is 1.48. The Morgan fingerprint density at radius 3 is 2.56 bits per heavy atom. The van der Waals surface area contributed by atoms with Crippen LogP contribution >= 0.6 is 0 Å². The van der Waals surface area contributed by atoms with E-state index in [0.717, 1.165) is 33.3 Å². The van der Waals surface area contributed by atoms with Crippen LogP contribution in [-0.2, 0) is 0 Å². The minimum absolute atomic E-state index is 0.0917. The molecule has 2 N–H and O–H groups in total. The van der Waals surface area contributed by atoms with E-state index in [1.807, 2.05) is 37.5 Å². The number of para-hydroxylation sites is 1. The molecule has 0 bridgehead atoms. The Morgan fingerprint density at radius 2 is 1.78 bits per heavy atom. The van der Waals surface area contributed by atoms with Crippen molar-refractivity contribution < 1.29 is 4.79 Å². The Hall–Kier alpha value is -2.29. The van der Waals surface area contributed by atoms with Crippen LogP contribution in [0.5, 0.6) is 0 Å². The normalized spacial score (nSPS) is 11.0. The third-order valence-corrected chi connectivity index (χ3v) is 3.31. The molecule has 0 saturated heterocycles. The van der Waals surface area contributed by atoms with E-state index >= 15 is 0 Å². The lowest BCUT2D eigenvalue weighted by atomic mass is 10.0. The fourth-order valence-electron chi connectivity index (χ4n) is 2.49. The molecule has 0 amide bonds. The zero-order valence-electron chi connectivity index (χ0n) is 10.4. The van der Waals surface area contributed by atoms with E-state index in [1.165, 1.54) is 0 Å². The van der Waals surface area contributed by atoms with Crippen LogP contribution in [0.25, 0.3) is 22.0 Å². The molecule has 2 heterocycles. The molecule has 3 heteroatoms. The number of rotatable bonds is 2. The van der Waals surface area contributed by atoms with E-state index in [0.29, 0.717) is 0 Å². The summed E-state index contributed by atoms with van der Waals surface area (Å²) in [4.78, 5) is 18.1. The molecule has 2 aromatic heterocycles. The maximum Gasteiger partial charge on any atom is 0.162 e. The molecule has 3 nitrogen and oxygen atoms in total. The van der Waals surface area contributed by atoms with Gasteiger partial charge in [0.05, 0.1) is 0 Å². The number of hydrogen-bond acceptors (Lipinski definition) is 1. The predicted octanol–water partition coefficient (Wildman–Crippen LogP) is 3.67. The van der Waals surface area contributed by atoms with Gasteiger partial charge in [0.2, 0.25) is 0 Å². The number of aryl methyl sites for hydroxylation is 1. The lowest BCUT2D eigenvalue weighted by Gasteiger charge is -2.00. The van der Waals surface area contributed by atoms with Gasteiger partial charge in [0, 0.05) is 45.7 Å². The number of aromatic nitrogens is 2. The van der Waals surface area contributed by atoms with Gasteiger partial charge in [-0.2, -0.15) is 0 Å². The smallest absolute Gasteiger partial charge is 0.162 e. The molecule has 0 radical (unpaired) electrons. The second kappa shape index (κ2) is 3.88. The standard InChI is InChI=1S/C15H14N2O/c1-9-15(10(2)18)13(8-16-9)12-7-17-14-6-4-3-5-11(12)14/h3-8,16-17H,1-2H3. The molecular weight excluding hydrogens is 224 g/mol. The van der Waals surface area contributed by atoms with Crippen molar-refractivity contribution in [3.8, 4) is 11.1 Å². The van der Waals surface area contributed by atoms with Gasteiger partial charge in [-0.3, -0.25) is 4.79 Å². The van der Waals surface area contributed by atoms with Crippen molar-refractivity contribution >= 4 is 16.7 Å². The van der Waals surface area contributed by atoms with E-state index in [2.05, 4.69) is 16.0 Å². The molecule has 1 aromatic carbocycles. The molecule has 0 aliphatic carbocycles. The molecule has 0 atom stereocenters. The maximum atomic E-state index is 11.7. The molecule has 0 aliphatic heterocycles. The van der Waals surface area contributed by atoms with Crippen molar-refractivity contribution in [2.24, 2.45) is 0 Å². The van der Waals surface area contributed by atoms with Crippen LogP contribution in [0.3, 0.4) is 0 Å². The van der Waals surface area contributed by atoms with Crippen LogP contribution < -0.4 is 0 Å². The topological polar surface area (TPSA) is 48.6 Å². The maximum absolute atomic E-state index is 11.7. The Labute approximate surface area is 105 Å². The quantitative estimate of drug-likeness (QED) is 0.657. The van der Waals surface area contributed by atoms with Crippen LogP contribution in [-0.4, -0.2) is 15.8 Å². The zero-order chi connectivity index (χ0) is 12.7. The van der Waals surface area contributed by atoms with Crippen molar-refractivity contribution in [3.63, 3.8) is 0 Å². The Morgan fingerprint density at radius 1 is 1.06 bits per heavy atom. The molecule has 90 valence electrons. The van der Waals surface area contributed by atoms with E-state index in [-0.39, 0.29) is 5.78 Å². The highest BCUT2D eigenvalue weighted by atomic mass is 16.1. The highest BCUT2D eigenvalue weighted by Crippen LogP contribution is 2.32. The summed E-state index contributed by atoms with van der Waals surface area (Å²) in [6.07, 6.45) is 3.86. The predicted molar refractivity (Wildman–Crippen MR) is 72.8 cm³/mol. The highest BCUT2D eigenvalue weighted by molar-refractivity contribution is 6.06. The summed E-state index contributed by atoms with van der Waals surface area (Å²) in [5, 5.41) is 1.14. The first-order valence-corrected chi connectivity index (χ1v) is 5.94. The summed E-state index contributed by atoms with van der Waals surface area (Å²) in [5.74, 6) is 0.0917. The van der Waals surface area contributed by atoms with Gasteiger partial charge in [-0.25, -0.2) is 0 Å². The van der Waals surface area contributed by atoms with Crippen molar-refractivity contribution in [2.75, 3.05) is 0 Å². The number of benzene rings is 1. The average molecular weight is 238 g/mol. The number of Topliss-reactive ketones (excluding diaryl/α,β-unsaturated/α-hetero) is 1. The molecule has 3 aromatic rings. The first-order chi connectivity index (χ1) is 8.68. The number of carbonyl (C=O) groups excluding carboxylic acids is 1. The van der Waals surface area contributed by atoms with E-state index in [1.54, 1.807) is 6.92 Å². The minimum Gasteiger partial charge on any atom is -0.364 e. The van der Waals surface area contributed by atoms with E-state index in [9.17, 15) is 4.79 Å². The van der Waals surface area contributed by atoms with Crippen molar-refractivity contribution in [1.82, 2.24) is 9.97 Å². The summed E-state index contributed by atoms with van der Waals surface area (Å²) in [6.45, 7) is 3.53. The second-order valence-corrected chi connectivity index (χ2v) is 4.51. The molecule has 0 spiro atoms. The van der Waals surface area contributed by atoms with Gasteiger partial charge in [0.25, 0.3) is 0 Å². The number of H-pyrrole nitrogens is 2. The summed E-state index contributed by atoms with van der Waals surface area (Å²) >= 11 is 0. The number of fused-ring (bicyclic) bond motifs is 1. The van der Waals surface area contributed by atoms with Crippen molar-refractivity contribution in [3.05, 3.63) is 47.9 Å². The molecule has 0 unspecified atom stereocenters. The van der Waals surface area contributed by atoms with Gasteiger partial charge < -0.3 is 9.97 Å². The van der Waals surface area contributed by atoms with E-state index < -0.39 is 0 Å². The summed E-state index contributed by atoms with van der Waals surface area (Å²) in [6, 6.07) is 8.10. The zero-order valence-corrected chi connectivity index (χ0v) is 10.4. The number of aromatic amines is 2. The highest BCUT2D eigenvalue weighted by Gasteiger charge is 2.16. The summed E-state index contributed by atoms with van der Waals surface area (Å²) in [5.41, 5.74) is 4.82. The van der Waals surface area contributed by atoms with Crippen LogP contribution in [0.1, 0.15) is 23.0 Å². The molecule has 0 fully saturated rings. The van der Waals surface area contributed by atoms with Crippen molar-refractivity contribution in [2.45, 2.75) is 13.8 Å². The monoisotopic (exact) mass is 238 g/mol. The number of hydrogen-bond donors (Lipinski definition) is 2. The molecular formula is C15H14N2O. The first-order valence-electron chi connectivity index (χ1n) is 5.94. The summed E-state index contributed by atoms with van der Waals surface area (Å²) < 4.78 is 0. The van der Waals surface area contributed by atoms with Gasteiger partial charge >= 0.3 is 0 Å². The fourth-order valence-corrected chi connectivity index (χ4v) is 2.49. The Balaban J connectivity index is 2.30. The lowest BCUT2D eigenvalue weighted by molar-refractivity contribution is 0.101. The van der Waals surface area contributed by atoms with Crippen LogP contribution in [0, 0.1) is 6.92 Å². The number of carbonyl (C=O) groups is 1. The van der Waals surface area contributed by atoms with Gasteiger partial charge in [0.1, 0.15) is 0 Å². The van der Waals surface area contributed by atoms with Crippen LogP contribution in [0.4, 0.5) is 0 Å². The second-order valence-electron chi connectivity index (χ2n) is 4.51. The lowest BCUT2D eigenvalue weighted by Crippen LogP contribution is -1.94. The molecule has 0 aliphatic rings. The largest absolute Gasteiger partial charge is 0.364 e. The number of nitrogens with one attached hydrogen (secondary N) is 2. The van der Waals surface area contributed by atoms with Gasteiger partial charge in [0.15, 0.2) is 5.78 Å². The van der Waals surface area contributed by atoms with Crippen molar-refractivity contribution in [1.29, 1.82) is 0 Å². The first kappa shape index (κ1) is 10.8. The minimum atomic E-state index is 0.0917. The van der Waals surface area contributed by atoms with E-state index in [4.69, 9.17) is 0 Å². The summed E-state index contributed by atoms with van der Waals surface area (Å²) in [7, 11) is 0. The Kier molecular flexibility index (Phi) is 2.33. The molecule has 3 rings (SSSR count). The Bertz CT molecular complexity index is 734. The van der Waals surface area contributed by atoms with Gasteiger partial charge in [-0.05, 0) is 19.9 Å². The number of ketones is 1. The van der Waals surface area contributed by atoms with Gasteiger partial charge in [-0.1, -0.05) is 18.2 Å². The van der Waals surface area contributed by atoms with Crippen LogP contribution in [0.2, 0.25) is 0 Å². The molecule has 0 saturated carbocycles. The molecule has 18 heavy (non-hydrogen) atoms. The third-order valence-electron chi connectivity index (χ3n) is 3.31. The fraction of sp³-hybridized carbons (Fsp3) is 0.133.